The molecule has 0 aliphatic rings. The summed E-state index contributed by atoms with van der Waals surface area (Å²) in [5.41, 5.74) is 2.19. The van der Waals surface area contributed by atoms with Crippen molar-refractivity contribution < 1.29 is 14.6 Å². The van der Waals surface area contributed by atoms with Crippen molar-refractivity contribution in [3.05, 3.63) is 29.3 Å². The molecule has 0 spiro atoms. The van der Waals surface area contributed by atoms with Crippen molar-refractivity contribution in [2.75, 3.05) is 13.2 Å². The van der Waals surface area contributed by atoms with Crippen LogP contribution < -0.4 is 10.1 Å². The average molecular weight is 251 g/mol. The summed E-state index contributed by atoms with van der Waals surface area (Å²) in [5, 5.41) is 11.5. The van der Waals surface area contributed by atoms with Crippen LogP contribution >= 0.6 is 0 Å². The SMILES string of the molecule is Cc1ccc(OCC(=O)NC(C)CCO)c(C)c1. The minimum absolute atomic E-state index is 0.000328. The number of hydrogen-bond acceptors (Lipinski definition) is 3. The van der Waals surface area contributed by atoms with Gasteiger partial charge in [0.15, 0.2) is 6.61 Å². The van der Waals surface area contributed by atoms with Gasteiger partial charge in [0, 0.05) is 12.6 Å². The molecule has 0 aromatic heterocycles. The van der Waals surface area contributed by atoms with Crippen molar-refractivity contribution in [2.24, 2.45) is 0 Å². The zero-order chi connectivity index (χ0) is 13.5. The van der Waals surface area contributed by atoms with Gasteiger partial charge in [-0.05, 0) is 38.8 Å². The molecule has 0 heterocycles. The fourth-order valence-electron chi connectivity index (χ4n) is 1.69. The van der Waals surface area contributed by atoms with E-state index in [1.807, 2.05) is 39.0 Å². The fraction of sp³-hybridized carbons (Fsp3) is 0.500. The van der Waals surface area contributed by atoms with Gasteiger partial charge in [-0.2, -0.15) is 0 Å². The van der Waals surface area contributed by atoms with Crippen molar-refractivity contribution in [1.29, 1.82) is 0 Å². The molecule has 0 bridgehead atoms. The van der Waals surface area contributed by atoms with E-state index in [0.29, 0.717) is 6.42 Å². The smallest absolute Gasteiger partial charge is 0.258 e. The molecule has 1 atom stereocenters. The number of aryl methyl sites for hydroxylation is 2. The quantitative estimate of drug-likeness (QED) is 0.807. The Labute approximate surface area is 108 Å². The lowest BCUT2D eigenvalue weighted by atomic mass is 10.1. The first-order chi connectivity index (χ1) is 8.52. The molecular weight excluding hydrogens is 230 g/mol. The Bertz CT molecular complexity index is 404. The van der Waals surface area contributed by atoms with Crippen LogP contribution in [0.25, 0.3) is 0 Å². The number of carbonyl (C=O) groups excluding carboxylic acids is 1. The molecule has 0 saturated carbocycles. The Hall–Kier alpha value is -1.55. The number of aliphatic hydroxyl groups excluding tert-OH is 1. The number of ether oxygens (including phenoxy) is 1. The molecule has 0 aliphatic carbocycles. The van der Waals surface area contributed by atoms with Crippen molar-refractivity contribution in [1.82, 2.24) is 5.32 Å². The maximum absolute atomic E-state index is 11.6. The molecule has 0 aliphatic heterocycles. The van der Waals surface area contributed by atoms with E-state index >= 15 is 0 Å². The summed E-state index contributed by atoms with van der Waals surface area (Å²) in [5.74, 6) is 0.557. The molecule has 0 fully saturated rings. The van der Waals surface area contributed by atoms with E-state index in [-0.39, 0.29) is 25.2 Å². The number of aliphatic hydroxyl groups is 1. The van der Waals surface area contributed by atoms with Gasteiger partial charge in [0.2, 0.25) is 0 Å². The van der Waals surface area contributed by atoms with Gasteiger partial charge in [0.25, 0.3) is 5.91 Å². The van der Waals surface area contributed by atoms with Crippen LogP contribution in [-0.4, -0.2) is 30.3 Å². The molecule has 4 heteroatoms. The molecule has 2 N–H and O–H groups in total. The predicted octanol–water partition coefficient (Wildman–Crippen LogP) is 1.57. The van der Waals surface area contributed by atoms with Crippen LogP contribution in [0.5, 0.6) is 5.75 Å². The molecule has 1 rings (SSSR count). The lowest BCUT2D eigenvalue weighted by molar-refractivity contribution is -0.123. The molecule has 1 aromatic rings. The van der Waals surface area contributed by atoms with E-state index in [1.54, 1.807) is 0 Å². The Kier molecular flexibility index (Phi) is 5.65. The van der Waals surface area contributed by atoms with Crippen LogP contribution in [0.3, 0.4) is 0 Å². The van der Waals surface area contributed by atoms with E-state index in [9.17, 15) is 4.79 Å². The van der Waals surface area contributed by atoms with Crippen LogP contribution in [0.1, 0.15) is 24.5 Å². The van der Waals surface area contributed by atoms with Gasteiger partial charge in [-0.15, -0.1) is 0 Å². The number of nitrogens with one attached hydrogen (secondary N) is 1. The number of amides is 1. The highest BCUT2D eigenvalue weighted by Gasteiger charge is 2.08. The van der Waals surface area contributed by atoms with Crippen LogP contribution in [0, 0.1) is 13.8 Å². The topological polar surface area (TPSA) is 58.6 Å². The van der Waals surface area contributed by atoms with Gasteiger partial charge in [0.05, 0.1) is 0 Å². The molecule has 4 nitrogen and oxygen atoms in total. The Morgan fingerprint density at radius 2 is 2.17 bits per heavy atom. The first-order valence-electron chi connectivity index (χ1n) is 6.13. The molecule has 18 heavy (non-hydrogen) atoms. The third-order valence-corrected chi connectivity index (χ3v) is 2.66. The average Bonchev–Trinajstić information content (AvgIpc) is 2.28. The Balaban J connectivity index is 2.42. The van der Waals surface area contributed by atoms with E-state index in [0.717, 1.165) is 11.3 Å². The molecule has 0 saturated heterocycles. The molecule has 1 amide bonds. The first kappa shape index (κ1) is 14.5. The summed E-state index contributed by atoms with van der Waals surface area (Å²) in [6.45, 7) is 5.89. The number of carbonyl (C=O) groups is 1. The molecular formula is C14H21NO3. The minimum atomic E-state index is -0.170. The van der Waals surface area contributed by atoms with Gasteiger partial charge in [0.1, 0.15) is 5.75 Å². The van der Waals surface area contributed by atoms with E-state index in [1.165, 1.54) is 5.56 Å². The monoisotopic (exact) mass is 251 g/mol. The summed E-state index contributed by atoms with van der Waals surface area (Å²) in [6.07, 6.45) is 0.551. The Morgan fingerprint density at radius 3 is 2.78 bits per heavy atom. The van der Waals surface area contributed by atoms with Crippen molar-refractivity contribution >= 4 is 5.91 Å². The predicted molar refractivity (Wildman–Crippen MR) is 70.7 cm³/mol. The Morgan fingerprint density at radius 1 is 1.44 bits per heavy atom. The number of rotatable bonds is 6. The highest BCUT2D eigenvalue weighted by atomic mass is 16.5. The first-order valence-corrected chi connectivity index (χ1v) is 6.13. The van der Waals surface area contributed by atoms with Crippen molar-refractivity contribution in [3.63, 3.8) is 0 Å². The maximum Gasteiger partial charge on any atom is 0.258 e. The summed E-state index contributed by atoms with van der Waals surface area (Å²) in [4.78, 5) is 11.6. The zero-order valence-corrected chi connectivity index (χ0v) is 11.2. The van der Waals surface area contributed by atoms with Gasteiger partial charge in [-0.3, -0.25) is 4.79 Å². The normalized spacial score (nSPS) is 12.0. The van der Waals surface area contributed by atoms with Crippen LogP contribution in [0.4, 0.5) is 0 Å². The molecule has 1 aromatic carbocycles. The van der Waals surface area contributed by atoms with Crippen molar-refractivity contribution in [2.45, 2.75) is 33.2 Å². The highest BCUT2D eigenvalue weighted by molar-refractivity contribution is 5.77. The molecule has 0 radical (unpaired) electrons. The van der Waals surface area contributed by atoms with Gasteiger partial charge < -0.3 is 15.2 Å². The summed E-state index contributed by atoms with van der Waals surface area (Å²) >= 11 is 0. The van der Waals surface area contributed by atoms with Crippen molar-refractivity contribution in [3.8, 4) is 5.75 Å². The summed E-state index contributed by atoms with van der Waals surface area (Å²) in [7, 11) is 0. The third-order valence-electron chi connectivity index (χ3n) is 2.66. The fourth-order valence-corrected chi connectivity index (χ4v) is 1.69. The summed E-state index contributed by atoms with van der Waals surface area (Å²) < 4.78 is 5.46. The second kappa shape index (κ2) is 7.01. The second-order valence-electron chi connectivity index (χ2n) is 4.54. The lowest BCUT2D eigenvalue weighted by Crippen LogP contribution is -2.36. The second-order valence-corrected chi connectivity index (χ2v) is 4.54. The summed E-state index contributed by atoms with van der Waals surface area (Å²) in [6, 6.07) is 5.80. The molecule has 1 unspecified atom stereocenters. The van der Waals surface area contributed by atoms with E-state index < -0.39 is 0 Å². The number of benzene rings is 1. The van der Waals surface area contributed by atoms with E-state index in [2.05, 4.69) is 5.32 Å². The van der Waals surface area contributed by atoms with Crippen LogP contribution in [-0.2, 0) is 4.79 Å². The highest BCUT2D eigenvalue weighted by Crippen LogP contribution is 2.18. The third kappa shape index (κ3) is 4.75. The van der Waals surface area contributed by atoms with Gasteiger partial charge >= 0.3 is 0 Å². The molecule has 100 valence electrons. The largest absolute Gasteiger partial charge is 0.484 e. The maximum atomic E-state index is 11.6. The van der Waals surface area contributed by atoms with Gasteiger partial charge in [-0.25, -0.2) is 0 Å². The van der Waals surface area contributed by atoms with Crippen LogP contribution in [0.2, 0.25) is 0 Å². The van der Waals surface area contributed by atoms with Gasteiger partial charge in [-0.1, -0.05) is 17.7 Å². The zero-order valence-electron chi connectivity index (χ0n) is 11.2. The lowest BCUT2D eigenvalue weighted by Gasteiger charge is -2.14. The van der Waals surface area contributed by atoms with Crippen LogP contribution in [0.15, 0.2) is 18.2 Å². The minimum Gasteiger partial charge on any atom is -0.484 e. The number of hydrogen-bond donors (Lipinski definition) is 2. The van der Waals surface area contributed by atoms with E-state index in [4.69, 9.17) is 9.84 Å². The standard InChI is InChI=1S/C14H21NO3/c1-10-4-5-13(11(2)8-10)18-9-14(17)15-12(3)6-7-16/h4-5,8,12,16H,6-7,9H2,1-3H3,(H,15,17).